The number of carbonyl (C=O) groups is 1. The van der Waals surface area contributed by atoms with Gasteiger partial charge in [-0.25, -0.2) is 9.78 Å². The first-order valence-electron chi connectivity index (χ1n) is 6.68. The molecule has 3 heterocycles. The van der Waals surface area contributed by atoms with E-state index in [1.165, 1.54) is 12.8 Å². The number of pyridine rings is 1. The molecule has 5 nitrogen and oxygen atoms in total. The van der Waals surface area contributed by atoms with Crippen LogP contribution in [0.1, 0.15) is 35.6 Å². The van der Waals surface area contributed by atoms with Crippen LogP contribution >= 0.6 is 0 Å². The molecule has 0 aromatic carbocycles. The fraction of sp³-hybridized carbons (Fsp3) is 0.429. The Morgan fingerprint density at radius 3 is 3.11 bits per heavy atom. The number of aromatic nitrogens is 2. The molecule has 3 rings (SSSR count). The Morgan fingerprint density at radius 1 is 1.47 bits per heavy atom. The van der Waals surface area contributed by atoms with Crippen LogP contribution in [0, 0.1) is 0 Å². The lowest BCUT2D eigenvalue weighted by Crippen LogP contribution is -2.36. The van der Waals surface area contributed by atoms with Gasteiger partial charge in [0.2, 0.25) is 0 Å². The molecule has 2 aromatic heterocycles. The highest BCUT2D eigenvalue weighted by Crippen LogP contribution is 2.16. The van der Waals surface area contributed by atoms with E-state index in [4.69, 9.17) is 0 Å². The van der Waals surface area contributed by atoms with E-state index in [2.05, 4.69) is 10.3 Å². The molecule has 19 heavy (non-hydrogen) atoms. The number of nitrogens with one attached hydrogen (secondary N) is 1. The van der Waals surface area contributed by atoms with Crippen molar-refractivity contribution in [2.24, 2.45) is 0 Å². The molecular formula is C14H17N3O2. The van der Waals surface area contributed by atoms with Gasteiger partial charge in [-0.05, 0) is 31.5 Å². The smallest absolute Gasteiger partial charge is 0.352 e. The van der Waals surface area contributed by atoms with Crippen LogP contribution in [-0.2, 0) is 6.42 Å². The number of hydrogen-bond donors (Lipinski definition) is 2. The van der Waals surface area contributed by atoms with Crippen molar-refractivity contribution in [3.63, 3.8) is 0 Å². The van der Waals surface area contributed by atoms with E-state index in [9.17, 15) is 9.90 Å². The van der Waals surface area contributed by atoms with Gasteiger partial charge in [-0.1, -0.05) is 12.5 Å². The number of hydrogen-bond acceptors (Lipinski definition) is 3. The van der Waals surface area contributed by atoms with E-state index in [1.807, 2.05) is 6.07 Å². The quantitative estimate of drug-likeness (QED) is 0.880. The Balaban J connectivity index is 1.96. The van der Waals surface area contributed by atoms with Crippen LogP contribution in [0.15, 0.2) is 24.4 Å². The molecule has 1 saturated heterocycles. The van der Waals surface area contributed by atoms with Crippen LogP contribution in [-0.4, -0.2) is 33.0 Å². The SMILES string of the molecule is O=C(O)c1cccc2cnc(CC3CCCCN3)n12. The Morgan fingerprint density at radius 2 is 2.37 bits per heavy atom. The molecule has 5 heteroatoms. The summed E-state index contributed by atoms with van der Waals surface area (Å²) in [6, 6.07) is 5.66. The van der Waals surface area contributed by atoms with Crippen LogP contribution in [0.3, 0.4) is 0 Å². The zero-order chi connectivity index (χ0) is 13.2. The molecule has 1 atom stereocenters. The Hall–Kier alpha value is -1.88. The number of carboxylic acid groups (broad SMARTS) is 1. The predicted octanol–water partition coefficient (Wildman–Crippen LogP) is 1.72. The highest BCUT2D eigenvalue weighted by molar-refractivity contribution is 5.86. The van der Waals surface area contributed by atoms with Crippen molar-refractivity contribution in [3.8, 4) is 0 Å². The van der Waals surface area contributed by atoms with Crippen molar-refractivity contribution in [2.75, 3.05) is 6.54 Å². The van der Waals surface area contributed by atoms with Crippen LogP contribution in [0.4, 0.5) is 0 Å². The third kappa shape index (κ3) is 2.33. The van der Waals surface area contributed by atoms with Gasteiger partial charge < -0.3 is 10.4 Å². The first kappa shape index (κ1) is 12.2. The summed E-state index contributed by atoms with van der Waals surface area (Å²) in [7, 11) is 0. The molecule has 0 amide bonds. The molecule has 100 valence electrons. The summed E-state index contributed by atoms with van der Waals surface area (Å²) in [5.41, 5.74) is 1.12. The Labute approximate surface area is 111 Å². The lowest BCUT2D eigenvalue weighted by molar-refractivity contribution is 0.0688. The molecule has 0 bridgehead atoms. The Kier molecular flexibility index (Phi) is 3.21. The fourth-order valence-corrected chi connectivity index (χ4v) is 2.74. The molecule has 2 aromatic rings. The number of imidazole rings is 1. The molecule has 1 aliphatic heterocycles. The van der Waals surface area contributed by atoms with Gasteiger partial charge in [0.25, 0.3) is 0 Å². The minimum Gasteiger partial charge on any atom is -0.477 e. The van der Waals surface area contributed by atoms with Gasteiger partial charge in [-0.3, -0.25) is 4.40 Å². The van der Waals surface area contributed by atoms with Gasteiger partial charge in [0.1, 0.15) is 11.5 Å². The number of piperidine rings is 1. The van der Waals surface area contributed by atoms with Gasteiger partial charge in [0.15, 0.2) is 0 Å². The zero-order valence-corrected chi connectivity index (χ0v) is 10.7. The average Bonchev–Trinajstić information content (AvgIpc) is 2.83. The van der Waals surface area contributed by atoms with Crippen LogP contribution < -0.4 is 5.32 Å². The standard InChI is InChI=1S/C14H17N3O2/c18-14(19)12-6-3-5-11-9-16-13(17(11)12)8-10-4-1-2-7-15-10/h3,5-6,9-10,15H,1-2,4,7-8H2,(H,18,19). The second kappa shape index (κ2) is 5.01. The zero-order valence-electron chi connectivity index (χ0n) is 10.7. The molecule has 0 aliphatic carbocycles. The van der Waals surface area contributed by atoms with Crippen molar-refractivity contribution < 1.29 is 9.90 Å². The predicted molar refractivity (Wildman–Crippen MR) is 71.5 cm³/mol. The van der Waals surface area contributed by atoms with Crippen molar-refractivity contribution in [1.82, 2.24) is 14.7 Å². The summed E-state index contributed by atoms with van der Waals surface area (Å²) in [5, 5.41) is 12.7. The summed E-state index contributed by atoms with van der Waals surface area (Å²) >= 11 is 0. The minimum absolute atomic E-state index is 0.279. The van der Waals surface area contributed by atoms with E-state index in [-0.39, 0.29) is 5.69 Å². The van der Waals surface area contributed by atoms with Crippen LogP contribution in [0.2, 0.25) is 0 Å². The van der Waals surface area contributed by atoms with Crippen molar-refractivity contribution in [2.45, 2.75) is 31.7 Å². The average molecular weight is 259 g/mol. The first-order valence-corrected chi connectivity index (χ1v) is 6.68. The van der Waals surface area contributed by atoms with Gasteiger partial charge >= 0.3 is 5.97 Å². The lowest BCUT2D eigenvalue weighted by atomic mass is 10.0. The maximum atomic E-state index is 11.3. The van der Waals surface area contributed by atoms with Crippen LogP contribution in [0.5, 0.6) is 0 Å². The summed E-state index contributed by atoms with van der Waals surface area (Å²) in [4.78, 5) is 15.7. The molecule has 0 saturated carbocycles. The topological polar surface area (TPSA) is 66.6 Å². The number of rotatable bonds is 3. The monoisotopic (exact) mass is 259 g/mol. The van der Waals surface area contributed by atoms with E-state index in [0.29, 0.717) is 6.04 Å². The van der Waals surface area contributed by atoms with Crippen molar-refractivity contribution in [1.29, 1.82) is 0 Å². The van der Waals surface area contributed by atoms with Gasteiger partial charge in [0, 0.05) is 12.5 Å². The van der Waals surface area contributed by atoms with Gasteiger partial charge in [0.05, 0.1) is 11.7 Å². The largest absolute Gasteiger partial charge is 0.477 e. The van der Waals surface area contributed by atoms with E-state index >= 15 is 0 Å². The fourth-order valence-electron chi connectivity index (χ4n) is 2.74. The molecule has 0 spiro atoms. The molecule has 1 aliphatic rings. The lowest BCUT2D eigenvalue weighted by Gasteiger charge is -2.22. The molecule has 1 fully saturated rings. The highest BCUT2D eigenvalue weighted by Gasteiger charge is 2.18. The van der Waals surface area contributed by atoms with Crippen LogP contribution in [0.25, 0.3) is 5.52 Å². The van der Waals surface area contributed by atoms with Gasteiger partial charge in [-0.2, -0.15) is 0 Å². The number of carboxylic acids is 1. The highest BCUT2D eigenvalue weighted by atomic mass is 16.4. The van der Waals surface area contributed by atoms with E-state index in [1.54, 1.807) is 22.7 Å². The van der Waals surface area contributed by atoms with E-state index < -0.39 is 5.97 Å². The summed E-state index contributed by atoms with van der Waals surface area (Å²) in [6.45, 7) is 1.04. The summed E-state index contributed by atoms with van der Waals surface area (Å²) in [5.74, 6) is -0.0890. The number of fused-ring (bicyclic) bond motifs is 1. The second-order valence-corrected chi connectivity index (χ2v) is 5.00. The Bertz CT molecular complexity index is 600. The maximum absolute atomic E-state index is 11.3. The van der Waals surface area contributed by atoms with Crippen molar-refractivity contribution in [3.05, 3.63) is 35.9 Å². The van der Waals surface area contributed by atoms with Gasteiger partial charge in [-0.15, -0.1) is 0 Å². The normalized spacial score (nSPS) is 19.7. The second-order valence-electron chi connectivity index (χ2n) is 5.00. The third-order valence-corrected chi connectivity index (χ3v) is 3.68. The maximum Gasteiger partial charge on any atom is 0.352 e. The number of nitrogens with zero attached hydrogens (tertiary/aromatic N) is 2. The minimum atomic E-state index is -0.915. The summed E-state index contributed by atoms with van der Waals surface area (Å²) in [6.07, 6.45) is 6.10. The molecule has 2 N–H and O–H groups in total. The summed E-state index contributed by atoms with van der Waals surface area (Å²) < 4.78 is 1.75. The van der Waals surface area contributed by atoms with E-state index in [0.717, 1.165) is 30.7 Å². The molecular weight excluding hydrogens is 242 g/mol. The van der Waals surface area contributed by atoms with Crippen molar-refractivity contribution >= 4 is 11.5 Å². The first-order chi connectivity index (χ1) is 9.25. The molecule has 0 radical (unpaired) electrons. The number of aromatic carboxylic acids is 1. The third-order valence-electron chi connectivity index (χ3n) is 3.68. The molecule has 1 unspecified atom stereocenters.